The highest BCUT2D eigenvalue weighted by atomic mass is 16.5. The van der Waals surface area contributed by atoms with Crippen molar-refractivity contribution >= 4 is 5.91 Å². The summed E-state index contributed by atoms with van der Waals surface area (Å²) in [6, 6.07) is 5.60. The smallest absolute Gasteiger partial charge is 0.228 e. The molecule has 0 saturated heterocycles. The first-order chi connectivity index (χ1) is 12.2. The summed E-state index contributed by atoms with van der Waals surface area (Å²) in [6.07, 6.45) is 3.72. The Morgan fingerprint density at radius 1 is 1.48 bits per heavy atom. The predicted molar refractivity (Wildman–Crippen MR) is 92.8 cm³/mol. The van der Waals surface area contributed by atoms with Crippen molar-refractivity contribution in [1.29, 1.82) is 0 Å². The molecule has 3 rings (SSSR count). The Hall–Kier alpha value is -2.54. The average molecular weight is 341 g/mol. The van der Waals surface area contributed by atoms with Crippen molar-refractivity contribution in [2.24, 2.45) is 0 Å². The molecule has 1 amide bonds. The zero-order valence-corrected chi connectivity index (χ0v) is 14.5. The van der Waals surface area contributed by atoms with Crippen molar-refractivity contribution in [2.75, 3.05) is 19.8 Å². The largest absolute Gasteiger partial charge is 0.377 e. The molecule has 2 aromatic rings. The number of carbonyl (C=O) groups is 1. The molecule has 2 aromatic heterocycles. The topological polar surface area (TPSA) is 73.1 Å². The molecule has 1 atom stereocenters. The van der Waals surface area contributed by atoms with E-state index in [2.05, 4.69) is 21.9 Å². The minimum atomic E-state index is 0.0455. The first-order valence-corrected chi connectivity index (χ1v) is 8.51. The standard InChI is InChI=1S/C18H23N5O2/c1-3-9-25-13-14-11-22(12-16-18(14)23(4-2)21-20-16)17(24)10-15-7-5-6-8-19-15/h3,5-8,14H,1,4,9-13H2,2H3/t14-/m0/s1. The average Bonchev–Trinajstić information content (AvgIpc) is 3.06. The number of hydrogen-bond donors (Lipinski definition) is 0. The van der Waals surface area contributed by atoms with Crippen molar-refractivity contribution in [3.05, 3.63) is 54.1 Å². The maximum atomic E-state index is 12.7. The molecule has 0 aromatic carbocycles. The van der Waals surface area contributed by atoms with Gasteiger partial charge < -0.3 is 9.64 Å². The zero-order chi connectivity index (χ0) is 17.6. The summed E-state index contributed by atoms with van der Waals surface area (Å²) in [5.41, 5.74) is 2.71. The van der Waals surface area contributed by atoms with Crippen LogP contribution in [-0.4, -0.2) is 50.5 Å². The summed E-state index contributed by atoms with van der Waals surface area (Å²) < 4.78 is 7.56. The number of pyridine rings is 1. The second kappa shape index (κ2) is 8.02. The Labute approximate surface area is 147 Å². The lowest BCUT2D eigenvalue weighted by molar-refractivity contribution is -0.132. The van der Waals surface area contributed by atoms with Gasteiger partial charge in [0.2, 0.25) is 5.91 Å². The Morgan fingerprint density at radius 3 is 3.08 bits per heavy atom. The normalized spacial score (nSPS) is 16.5. The van der Waals surface area contributed by atoms with E-state index in [0.717, 1.165) is 23.6 Å². The fourth-order valence-electron chi connectivity index (χ4n) is 3.13. The molecule has 7 nitrogen and oxygen atoms in total. The molecule has 1 aliphatic rings. The molecule has 7 heteroatoms. The number of fused-ring (bicyclic) bond motifs is 1. The van der Waals surface area contributed by atoms with Gasteiger partial charge in [0.15, 0.2) is 0 Å². The van der Waals surface area contributed by atoms with Crippen molar-refractivity contribution in [3.8, 4) is 0 Å². The molecule has 0 radical (unpaired) electrons. The number of nitrogens with zero attached hydrogens (tertiary/aromatic N) is 5. The lowest BCUT2D eigenvalue weighted by Gasteiger charge is -2.32. The molecule has 3 heterocycles. The van der Waals surface area contributed by atoms with Crippen LogP contribution in [0.5, 0.6) is 0 Å². The lowest BCUT2D eigenvalue weighted by atomic mass is 9.98. The number of ether oxygens (including phenoxy) is 1. The molecule has 0 aliphatic carbocycles. The van der Waals surface area contributed by atoms with Crippen LogP contribution in [0.2, 0.25) is 0 Å². The third-order valence-corrected chi connectivity index (χ3v) is 4.28. The minimum absolute atomic E-state index is 0.0455. The van der Waals surface area contributed by atoms with Gasteiger partial charge in [-0.1, -0.05) is 17.4 Å². The molecule has 0 N–H and O–H groups in total. The van der Waals surface area contributed by atoms with Crippen molar-refractivity contribution in [1.82, 2.24) is 24.9 Å². The minimum Gasteiger partial charge on any atom is -0.377 e. The zero-order valence-electron chi connectivity index (χ0n) is 14.5. The number of carbonyl (C=O) groups excluding carboxylic acids is 1. The van der Waals surface area contributed by atoms with E-state index in [1.165, 1.54) is 0 Å². The highest BCUT2D eigenvalue weighted by Crippen LogP contribution is 2.27. The number of amides is 1. The summed E-state index contributed by atoms with van der Waals surface area (Å²) >= 11 is 0. The molecule has 0 unspecified atom stereocenters. The van der Waals surface area contributed by atoms with Crippen LogP contribution in [0, 0.1) is 0 Å². The van der Waals surface area contributed by atoms with Crippen LogP contribution < -0.4 is 0 Å². The van der Waals surface area contributed by atoms with E-state index in [0.29, 0.717) is 32.7 Å². The first-order valence-electron chi connectivity index (χ1n) is 8.51. The first kappa shape index (κ1) is 17.3. The highest BCUT2D eigenvalue weighted by molar-refractivity contribution is 5.78. The van der Waals surface area contributed by atoms with E-state index >= 15 is 0 Å². The SMILES string of the molecule is C=CCOC[C@@H]1CN(C(=O)Cc2ccccn2)Cc2nnn(CC)c21. The fraction of sp³-hybridized carbons (Fsp3) is 0.444. The van der Waals surface area contributed by atoms with E-state index in [1.54, 1.807) is 12.3 Å². The predicted octanol–water partition coefficient (Wildman–Crippen LogP) is 1.56. The van der Waals surface area contributed by atoms with Gasteiger partial charge in [-0.3, -0.25) is 9.78 Å². The van der Waals surface area contributed by atoms with Gasteiger partial charge in [0.25, 0.3) is 0 Å². The van der Waals surface area contributed by atoms with Crippen LogP contribution in [-0.2, 0) is 29.0 Å². The fourth-order valence-corrected chi connectivity index (χ4v) is 3.13. The molecule has 1 aliphatic heterocycles. The molecule has 0 bridgehead atoms. The number of aromatic nitrogens is 4. The van der Waals surface area contributed by atoms with Crippen molar-refractivity contribution in [2.45, 2.75) is 32.4 Å². The summed E-state index contributed by atoms with van der Waals surface area (Å²) in [5, 5.41) is 8.49. The van der Waals surface area contributed by atoms with Crippen molar-refractivity contribution in [3.63, 3.8) is 0 Å². The van der Waals surface area contributed by atoms with Gasteiger partial charge in [-0.2, -0.15) is 0 Å². The van der Waals surface area contributed by atoms with Gasteiger partial charge in [0.05, 0.1) is 31.9 Å². The van der Waals surface area contributed by atoms with Gasteiger partial charge in [0.1, 0.15) is 5.69 Å². The second-order valence-electron chi connectivity index (χ2n) is 6.03. The maximum Gasteiger partial charge on any atom is 0.228 e. The van der Waals surface area contributed by atoms with Crippen LogP contribution in [0.15, 0.2) is 37.1 Å². The van der Waals surface area contributed by atoms with Gasteiger partial charge in [-0.05, 0) is 19.1 Å². The lowest BCUT2D eigenvalue weighted by Crippen LogP contribution is -2.41. The molecule has 0 spiro atoms. The molecule has 132 valence electrons. The highest BCUT2D eigenvalue weighted by Gasteiger charge is 2.32. The van der Waals surface area contributed by atoms with E-state index < -0.39 is 0 Å². The van der Waals surface area contributed by atoms with Crippen LogP contribution >= 0.6 is 0 Å². The summed E-state index contributed by atoms with van der Waals surface area (Å²) in [5.74, 6) is 0.107. The quantitative estimate of drug-likeness (QED) is 0.564. The van der Waals surface area contributed by atoms with E-state index in [1.807, 2.05) is 34.7 Å². The monoisotopic (exact) mass is 341 g/mol. The van der Waals surface area contributed by atoms with Crippen LogP contribution in [0.25, 0.3) is 0 Å². The second-order valence-corrected chi connectivity index (χ2v) is 6.03. The van der Waals surface area contributed by atoms with Crippen molar-refractivity contribution < 1.29 is 9.53 Å². The third-order valence-electron chi connectivity index (χ3n) is 4.28. The molecule has 25 heavy (non-hydrogen) atoms. The van der Waals surface area contributed by atoms with Crippen LogP contribution in [0.1, 0.15) is 29.9 Å². The Balaban J connectivity index is 1.76. The summed E-state index contributed by atoms with van der Waals surface area (Å²) in [4.78, 5) is 18.8. The Kier molecular flexibility index (Phi) is 5.55. The maximum absolute atomic E-state index is 12.7. The Bertz CT molecular complexity index is 728. The van der Waals surface area contributed by atoms with Gasteiger partial charge in [-0.25, -0.2) is 4.68 Å². The van der Waals surface area contributed by atoms with Crippen LogP contribution in [0.3, 0.4) is 0 Å². The Morgan fingerprint density at radius 2 is 2.36 bits per heavy atom. The molecule has 0 fully saturated rings. The van der Waals surface area contributed by atoms with Gasteiger partial charge >= 0.3 is 0 Å². The van der Waals surface area contributed by atoms with E-state index in [-0.39, 0.29) is 11.8 Å². The summed E-state index contributed by atoms with van der Waals surface area (Å²) in [7, 11) is 0. The third kappa shape index (κ3) is 3.93. The van der Waals surface area contributed by atoms with Crippen LogP contribution in [0.4, 0.5) is 0 Å². The number of aryl methyl sites for hydroxylation is 1. The molecule has 0 saturated carbocycles. The van der Waals surface area contributed by atoms with Gasteiger partial charge in [0, 0.05) is 30.9 Å². The van der Waals surface area contributed by atoms with E-state index in [4.69, 9.17) is 4.74 Å². The molecular formula is C18H23N5O2. The number of rotatable bonds is 7. The summed E-state index contributed by atoms with van der Waals surface area (Å²) in [6.45, 7) is 8.55. The van der Waals surface area contributed by atoms with E-state index in [9.17, 15) is 4.79 Å². The van der Waals surface area contributed by atoms with Gasteiger partial charge in [-0.15, -0.1) is 11.7 Å². The number of hydrogen-bond acceptors (Lipinski definition) is 5. The molecular weight excluding hydrogens is 318 g/mol.